The molecule has 2 unspecified atom stereocenters. The fraction of sp³-hybridized carbons (Fsp3) is 0.538. The Morgan fingerprint density at radius 2 is 1.88 bits per heavy atom. The Labute approximate surface area is 136 Å². The van der Waals surface area contributed by atoms with Gasteiger partial charge in [0, 0.05) is 25.2 Å². The first-order chi connectivity index (χ1) is 11.1. The predicted octanol–water partition coefficient (Wildman–Crippen LogP) is 1.74. The Bertz CT molecular complexity index is 706. The Morgan fingerprint density at radius 1 is 1.29 bits per heavy atom. The van der Waals surface area contributed by atoms with E-state index in [1.807, 2.05) is 0 Å². The van der Waals surface area contributed by atoms with Crippen molar-refractivity contribution in [2.24, 2.45) is 17.6 Å². The highest BCUT2D eigenvalue weighted by atomic mass is 32.2. The van der Waals surface area contributed by atoms with Gasteiger partial charge in [-0.05, 0) is 31.0 Å². The van der Waals surface area contributed by atoms with E-state index in [0.717, 1.165) is 28.6 Å². The van der Waals surface area contributed by atoms with Crippen LogP contribution in [0.3, 0.4) is 0 Å². The van der Waals surface area contributed by atoms with E-state index in [4.69, 9.17) is 5.73 Å². The lowest BCUT2D eigenvalue weighted by atomic mass is 9.86. The van der Waals surface area contributed by atoms with E-state index < -0.39 is 33.0 Å². The van der Waals surface area contributed by atoms with Gasteiger partial charge < -0.3 is 5.73 Å². The van der Waals surface area contributed by atoms with Crippen molar-refractivity contribution in [2.75, 3.05) is 19.6 Å². The van der Waals surface area contributed by atoms with Gasteiger partial charge in [0.2, 0.25) is 10.0 Å². The van der Waals surface area contributed by atoms with Crippen LogP contribution in [0.1, 0.15) is 6.42 Å². The number of nitro groups is 1. The molecule has 1 saturated heterocycles. The Morgan fingerprint density at radius 3 is 2.33 bits per heavy atom. The largest absolute Gasteiger partial charge is 0.392 e. The van der Waals surface area contributed by atoms with Crippen molar-refractivity contribution in [2.45, 2.75) is 17.5 Å². The molecule has 2 N–H and O–H groups in total. The normalized spacial score (nSPS) is 23.2. The molecular formula is C13H16F3N3O4S. The summed E-state index contributed by atoms with van der Waals surface area (Å²) in [6.45, 7) is -0.892. The monoisotopic (exact) mass is 367 g/mol. The summed E-state index contributed by atoms with van der Waals surface area (Å²) < 4.78 is 64.9. The van der Waals surface area contributed by atoms with Crippen molar-refractivity contribution >= 4 is 15.7 Å². The second kappa shape index (κ2) is 6.65. The fourth-order valence-corrected chi connectivity index (χ4v) is 4.29. The molecule has 1 aromatic rings. The summed E-state index contributed by atoms with van der Waals surface area (Å²) in [5, 5.41) is 10.6. The molecule has 2 atom stereocenters. The van der Waals surface area contributed by atoms with Gasteiger partial charge in [0.15, 0.2) is 0 Å². The van der Waals surface area contributed by atoms with Crippen LogP contribution >= 0.6 is 0 Å². The van der Waals surface area contributed by atoms with Gasteiger partial charge in [-0.25, -0.2) is 8.42 Å². The minimum absolute atomic E-state index is 0.200. The van der Waals surface area contributed by atoms with Crippen LogP contribution in [-0.4, -0.2) is 43.5 Å². The number of benzene rings is 1. The molecule has 1 fully saturated rings. The van der Waals surface area contributed by atoms with Crippen LogP contribution in [0, 0.1) is 22.0 Å². The highest BCUT2D eigenvalue weighted by Crippen LogP contribution is 2.38. The molecule has 0 aliphatic carbocycles. The molecule has 1 aliphatic heterocycles. The lowest BCUT2D eigenvalue weighted by Crippen LogP contribution is -2.50. The van der Waals surface area contributed by atoms with Gasteiger partial charge in [-0.3, -0.25) is 10.1 Å². The average molecular weight is 367 g/mol. The van der Waals surface area contributed by atoms with Gasteiger partial charge in [-0.2, -0.15) is 17.5 Å². The van der Waals surface area contributed by atoms with Crippen molar-refractivity contribution in [3.05, 3.63) is 34.4 Å². The van der Waals surface area contributed by atoms with Crippen molar-refractivity contribution in [3.63, 3.8) is 0 Å². The number of nitro benzene ring substituents is 1. The SMILES string of the molecule is NCC1CN(S(=O)(=O)c2ccc([N+](=O)[O-])cc2)CCC1C(F)(F)F. The van der Waals surface area contributed by atoms with Crippen molar-refractivity contribution < 1.29 is 26.5 Å². The first-order valence-electron chi connectivity index (χ1n) is 7.08. The maximum Gasteiger partial charge on any atom is 0.392 e. The second-order valence-corrected chi connectivity index (χ2v) is 7.48. The Balaban J connectivity index is 2.23. The first-order valence-corrected chi connectivity index (χ1v) is 8.52. The van der Waals surface area contributed by atoms with Crippen molar-refractivity contribution in [1.29, 1.82) is 0 Å². The fourth-order valence-electron chi connectivity index (χ4n) is 2.78. The topological polar surface area (TPSA) is 107 Å². The van der Waals surface area contributed by atoms with Gasteiger partial charge >= 0.3 is 6.18 Å². The van der Waals surface area contributed by atoms with E-state index in [1.165, 1.54) is 0 Å². The molecule has 0 radical (unpaired) electrons. The molecule has 1 aromatic carbocycles. The molecule has 11 heteroatoms. The summed E-state index contributed by atoms with van der Waals surface area (Å²) in [5.41, 5.74) is 5.12. The highest BCUT2D eigenvalue weighted by Gasteiger charge is 2.48. The Kier molecular flexibility index (Phi) is 5.16. The number of non-ortho nitro benzene ring substituents is 1. The number of nitrogens with zero attached hydrogens (tertiary/aromatic N) is 2. The van der Waals surface area contributed by atoms with E-state index in [0.29, 0.717) is 0 Å². The number of hydrogen-bond donors (Lipinski definition) is 1. The molecule has 0 amide bonds. The highest BCUT2D eigenvalue weighted by molar-refractivity contribution is 7.89. The molecular weight excluding hydrogens is 351 g/mol. The number of piperidine rings is 1. The quantitative estimate of drug-likeness (QED) is 0.644. The molecule has 0 bridgehead atoms. The summed E-state index contributed by atoms with van der Waals surface area (Å²) in [7, 11) is -4.03. The first kappa shape index (κ1) is 18.6. The van der Waals surface area contributed by atoms with Crippen LogP contribution in [0.25, 0.3) is 0 Å². The van der Waals surface area contributed by atoms with Gasteiger partial charge in [-0.1, -0.05) is 0 Å². The van der Waals surface area contributed by atoms with Crippen LogP contribution in [0.15, 0.2) is 29.2 Å². The van der Waals surface area contributed by atoms with E-state index >= 15 is 0 Å². The van der Waals surface area contributed by atoms with Crippen LogP contribution in [0.2, 0.25) is 0 Å². The maximum absolute atomic E-state index is 13.0. The number of nitrogens with two attached hydrogens (primary N) is 1. The number of hydrogen-bond acceptors (Lipinski definition) is 5. The smallest absolute Gasteiger partial charge is 0.330 e. The maximum atomic E-state index is 13.0. The van der Waals surface area contributed by atoms with Crippen LogP contribution in [-0.2, 0) is 10.0 Å². The third-order valence-electron chi connectivity index (χ3n) is 4.11. The van der Waals surface area contributed by atoms with E-state index in [9.17, 15) is 31.7 Å². The number of alkyl halides is 3. The standard InChI is InChI=1S/C13H16F3N3O4S/c14-13(15,16)12-5-6-18(8-9(12)7-17)24(22,23)11-3-1-10(2-4-11)19(20)21/h1-4,9,12H,5-8,17H2. The third-order valence-corrected chi connectivity index (χ3v) is 5.98. The third kappa shape index (κ3) is 3.68. The van der Waals surface area contributed by atoms with Crippen LogP contribution < -0.4 is 5.73 Å². The minimum atomic E-state index is -4.42. The zero-order chi connectivity index (χ0) is 18.1. The summed E-state index contributed by atoms with van der Waals surface area (Å²) in [4.78, 5) is 9.73. The zero-order valence-electron chi connectivity index (χ0n) is 12.4. The molecule has 24 heavy (non-hydrogen) atoms. The van der Waals surface area contributed by atoms with Gasteiger partial charge in [0.25, 0.3) is 5.69 Å². The summed E-state index contributed by atoms with van der Waals surface area (Å²) in [6, 6.07) is 4.22. The second-order valence-electron chi connectivity index (χ2n) is 5.55. The predicted molar refractivity (Wildman–Crippen MR) is 78.6 cm³/mol. The van der Waals surface area contributed by atoms with Gasteiger partial charge in [-0.15, -0.1) is 0 Å². The molecule has 1 heterocycles. The van der Waals surface area contributed by atoms with Crippen molar-refractivity contribution in [3.8, 4) is 0 Å². The Hall–Kier alpha value is -1.72. The number of halogens is 3. The van der Waals surface area contributed by atoms with Crippen molar-refractivity contribution in [1.82, 2.24) is 4.31 Å². The molecule has 0 saturated carbocycles. The van der Waals surface area contributed by atoms with Crippen LogP contribution in [0.5, 0.6) is 0 Å². The summed E-state index contributed by atoms with van der Waals surface area (Å²) in [6.07, 6.45) is -4.79. The molecule has 1 aliphatic rings. The van der Waals surface area contributed by atoms with Crippen LogP contribution in [0.4, 0.5) is 18.9 Å². The van der Waals surface area contributed by atoms with E-state index in [1.54, 1.807) is 0 Å². The molecule has 2 rings (SSSR count). The average Bonchev–Trinajstić information content (AvgIpc) is 2.53. The summed E-state index contributed by atoms with van der Waals surface area (Å²) in [5.74, 6) is -2.66. The lowest BCUT2D eigenvalue weighted by molar-refractivity contribution is -0.384. The van der Waals surface area contributed by atoms with E-state index in [2.05, 4.69) is 0 Å². The number of rotatable bonds is 4. The molecule has 134 valence electrons. The van der Waals surface area contributed by atoms with Gasteiger partial charge in [0.05, 0.1) is 15.7 Å². The molecule has 7 nitrogen and oxygen atoms in total. The van der Waals surface area contributed by atoms with E-state index in [-0.39, 0.29) is 36.6 Å². The molecule has 0 spiro atoms. The minimum Gasteiger partial charge on any atom is -0.330 e. The molecule has 0 aromatic heterocycles. The number of sulfonamides is 1. The summed E-state index contributed by atoms with van der Waals surface area (Å²) >= 11 is 0. The zero-order valence-corrected chi connectivity index (χ0v) is 13.3. The van der Waals surface area contributed by atoms with Gasteiger partial charge in [0.1, 0.15) is 0 Å². The lowest BCUT2D eigenvalue weighted by Gasteiger charge is -2.38.